The van der Waals surface area contributed by atoms with Crippen LogP contribution >= 0.6 is 15.9 Å². The smallest absolute Gasteiger partial charge is 0.335 e. The summed E-state index contributed by atoms with van der Waals surface area (Å²) in [5.74, 6) is -1.03. The van der Waals surface area contributed by atoms with Gasteiger partial charge in [-0.25, -0.2) is 9.59 Å². The largest absolute Gasteiger partial charge is 0.478 e. The zero-order valence-corrected chi connectivity index (χ0v) is 11.4. The van der Waals surface area contributed by atoms with Crippen LogP contribution in [0.5, 0.6) is 0 Å². The molecule has 0 aromatic heterocycles. The molecule has 1 aliphatic rings. The van der Waals surface area contributed by atoms with Crippen molar-refractivity contribution in [2.24, 2.45) is 0 Å². The molecule has 0 heterocycles. The van der Waals surface area contributed by atoms with Crippen molar-refractivity contribution in [3.8, 4) is 0 Å². The van der Waals surface area contributed by atoms with Gasteiger partial charge in [0.15, 0.2) is 0 Å². The maximum atomic E-state index is 11.8. The summed E-state index contributed by atoms with van der Waals surface area (Å²) in [5, 5.41) is 11.6. The minimum Gasteiger partial charge on any atom is -0.478 e. The number of hydrogen-bond acceptors (Lipinski definition) is 2. The molecule has 1 aromatic carbocycles. The van der Waals surface area contributed by atoms with Crippen LogP contribution in [0, 0.1) is 0 Å². The number of carboxylic acids is 1. The van der Waals surface area contributed by atoms with Crippen molar-refractivity contribution in [1.29, 1.82) is 0 Å². The lowest BCUT2D eigenvalue weighted by molar-refractivity contribution is 0.0697. The molecule has 0 bridgehead atoms. The van der Waals surface area contributed by atoms with E-state index in [1.54, 1.807) is 18.0 Å². The lowest BCUT2D eigenvalue weighted by atomic mass is 10.2. The van der Waals surface area contributed by atoms with E-state index >= 15 is 0 Å². The minimum absolute atomic E-state index is 0.133. The van der Waals surface area contributed by atoms with Crippen LogP contribution in [0.15, 0.2) is 22.7 Å². The zero-order valence-electron chi connectivity index (χ0n) is 9.81. The van der Waals surface area contributed by atoms with Crippen LogP contribution in [-0.2, 0) is 0 Å². The van der Waals surface area contributed by atoms with Crippen LogP contribution in [-0.4, -0.2) is 35.1 Å². The van der Waals surface area contributed by atoms with Crippen LogP contribution < -0.4 is 5.32 Å². The van der Waals surface area contributed by atoms with Gasteiger partial charge in [0, 0.05) is 23.2 Å². The van der Waals surface area contributed by atoms with Crippen molar-refractivity contribution < 1.29 is 14.7 Å². The van der Waals surface area contributed by atoms with E-state index in [0.717, 1.165) is 12.8 Å². The van der Waals surface area contributed by atoms with E-state index in [1.807, 2.05) is 0 Å². The van der Waals surface area contributed by atoms with Crippen molar-refractivity contribution in [3.63, 3.8) is 0 Å². The zero-order chi connectivity index (χ0) is 13.3. The Labute approximate surface area is 113 Å². The molecule has 1 aromatic rings. The number of carboxylic acid groups (broad SMARTS) is 1. The van der Waals surface area contributed by atoms with Gasteiger partial charge in [0.2, 0.25) is 0 Å². The lowest BCUT2D eigenvalue weighted by Crippen LogP contribution is -2.33. The molecule has 2 amide bonds. The van der Waals surface area contributed by atoms with Crippen LogP contribution in [0.4, 0.5) is 10.5 Å². The highest BCUT2D eigenvalue weighted by molar-refractivity contribution is 9.10. The molecule has 1 aliphatic carbocycles. The Morgan fingerprint density at radius 1 is 1.39 bits per heavy atom. The number of aromatic carboxylic acids is 1. The second-order valence-electron chi connectivity index (χ2n) is 4.31. The molecule has 0 spiro atoms. The van der Waals surface area contributed by atoms with Gasteiger partial charge >= 0.3 is 12.0 Å². The number of carbonyl (C=O) groups excluding carboxylic acids is 1. The van der Waals surface area contributed by atoms with E-state index in [1.165, 1.54) is 12.1 Å². The van der Waals surface area contributed by atoms with Crippen LogP contribution in [0.2, 0.25) is 0 Å². The Morgan fingerprint density at radius 3 is 2.61 bits per heavy atom. The normalized spacial score (nSPS) is 14.1. The fourth-order valence-corrected chi connectivity index (χ4v) is 2.12. The average molecular weight is 313 g/mol. The molecule has 2 rings (SSSR count). The van der Waals surface area contributed by atoms with Gasteiger partial charge in [-0.1, -0.05) is 15.9 Å². The predicted octanol–water partition coefficient (Wildman–Crippen LogP) is 2.77. The molecule has 2 N–H and O–H groups in total. The van der Waals surface area contributed by atoms with Crippen LogP contribution in [0.25, 0.3) is 0 Å². The highest BCUT2D eigenvalue weighted by Gasteiger charge is 2.29. The Kier molecular flexibility index (Phi) is 3.56. The number of nitrogens with zero attached hydrogens (tertiary/aromatic N) is 1. The van der Waals surface area contributed by atoms with E-state index in [9.17, 15) is 9.59 Å². The number of anilines is 1. The van der Waals surface area contributed by atoms with E-state index in [-0.39, 0.29) is 11.6 Å². The third-order valence-corrected chi connectivity index (χ3v) is 3.27. The summed E-state index contributed by atoms with van der Waals surface area (Å²) in [4.78, 5) is 24.4. The first kappa shape index (κ1) is 12.9. The molecule has 0 unspecified atom stereocenters. The van der Waals surface area contributed by atoms with Gasteiger partial charge < -0.3 is 15.3 Å². The first-order valence-corrected chi connectivity index (χ1v) is 6.34. The third-order valence-electron chi connectivity index (χ3n) is 2.81. The number of urea groups is 1. The van der Waals surface area contributed by atoms with E-state index in [2.05, 4.69) is 21.2 Å². The molecule has 0 saturated heterocycles. The van der Waals surface area contributed by atoms with Gasteiger partial charge in [-0.2, -0.15) is 0 Å². The highest BCUT2D eigenvalue weighted by atomic mass is 79.9. The van der Waals surface area contributed by atoms with E-state index in [4.69, 9.17) is 5.11 Å². The predicted molar refractivity (Wildman–Crippen MR) is 70.9 cm³/mol. The summed E-state index contributed by atoms with van der Waals surface area (Å²) in [6.45, 7) is 0. The fraction of sp³-hybridized carbons (Fsp3) is 0.333. The number of halogens is 1. The number of nitrogens with one attached hydrogen (secondary N) is 1. The van der Waals surface area contributed by atoms with Gasteiger partial charge in [0.1, 0.15) is 0 Å². The molecule has 1 fully saturated rings. The number of benzene rings is 1. The maximum Gasteiger partial charge on any atom is 0.335 e. The second-order valence-corrected chi connectivity index (χ2v) is 5.22. The summed E-state index contributed by atoms with van der Waals surface area (Å²) in [5.41, 5.74) is 0.605. The summed E-state index contributed by atoms with van der Waals surface area (Å²) >= 11 is 3.22. The monoisotopic (exact) mass is 312 g/mol. The Bertz CT molecular complexity index is 500. The molecule has 0 aliphatic heterocycles. The lowest BCUT2D eigenvalue weighted by Gasteiger charge is -2.17. The Balaban J connectivity index is 2.12. The highest BCUT2D eigenvalue weighted by Crippen LogP contribution is 2.26. The van der Waals surface area contributed by atoms with Gasteiger partial charge in [-0.15, -0.1) is 0 Å². The van der Waals surface area contributed by atoms with Crippen molar-refractivity contribution in [1.82, 2.24) is 4.90 Å². The first-order valence-electron chi connectivity index (χ1n) is 5.55. The summed E-state index contributed by atoms with van der Waals surface area (Å²) in [6.07, 6.45) is 2.06. The summed E-state index contributed by atoms with van der Waals surface area (Å²) in [7, 11) is 1.74. The maximum absolute atomic E-state index is 11.8. The topological polar surface area (TPSA) is 69.6 Å². The molecule has 96 valence electrons. The second kappa shape index (κ2) is 4.97. The number of carbonyl (C=O) groups is 2. The fourth-order valence-electron chi connectivity index (χ4n) is 1.62. The van der Waals surface area contributed by atoms with E-state index in [0.29, 0.717) is 16.2 Å². The standard InChI is InChI=1S/C12H13BrN2O3/c1-15(10-2-3-10)12(18)14-9-5-7(11(16)17)4-8(13)6-9/h4-6,10H,2-3H2,1H3,(H,14,18)(H,16,17). The molecule has 6 heteroatoms. The van der Waals surface area contributed by atoms with Crippen molar-refractivity contribution in [2.75, 3.05) is 12.4 Å². The molecule has 0 atom stereocenters. The van der Waals surface area contributed by atoms with Gasteiger partial charge in [0.05, 0.1) is 5.56 Å². The quantitative estimate of drug-likeness (QED) is 0.901. The van der Waals surface area contributed by atoms with Crippen molar-refractivity contribution >= 4 is 33.6 Å². The number of hydrogen-bond donors (Lipinski definition) is 2. The molecule has 1 saturated carbocycles. The molecule has 18 heavy (non-hydrogen) atoms. The van der Waals surface area contributed by atoms with Crippen LogP contribution in [0.3, 0.4) is 0 Å². The minimum atomic E-state index is -1.03. The molecular weight excluding hydrogens is 300 g/mol. The van der Waals surface area contributed by atoms with Crippen molar-refractivity contribution in [3.05, 3.63) is 28.2 Å². The number of rotatable bonds is 3. The third kappa shape index (κ3) is 3.01. The molecule has 5 nitrogen and oxygen atoms in total. The Morgan fingerprint density at radius 2 is 2.06 bits per heavy atom. The van der Waals surface area contributed by atoms with Gasteiger partial charge in [-0.05, 0) is 31.0 Å². The van der Waals surface area contributed by atoms with Gasteiger partial charge in [0.25, 0.3) is 0 Å². The van der Waals surface area contributed by atoms with Crippen molar-refractivity contribution in [2.45, 2.75) is 18.9 Å². The number of amides is 2. The Hall–Kier alpha value is -1.56. The van der Waals surface area contributed by atoms with Gasteiger partial charge in [-0.3, -0.25) is 0 Å². The summed E-state index contributed by atoms with van der Waals surface area (Å²) in [6, 6.07) is 4.70. The van der Waals surface area contributed by atoms with Crippen LogP contribution in [0.1, 0.15) is 23.2 Å². The molecule has 0 radical (unpaired) electrons. The van der Waals surface area contributed by atoms with E-state index < -0.39 is 5.97 Å². The molecular formula is C12H13BrN2O3. The average Bonchev–Trinajstić information content (AvgIpc) is 3.10. The summed E-state index contributed by atoms with van der Waals surface area (Å²) < 4.78 is 0.617. The SMILES string of the molecule is CN(C(=O)Nc1cc(Br)cc(C(=O)O)c1)C1CC1. The first-order chi connectivity index (χ1) is 8.47.